The molecule has 126 valence electrons. The Balaban J connectivity index is 2.17. The highest BCUT2D eigenvalue weighted by molar-refractivity contribution is 6.07. The van der Waals surface area contributed by atoms with Crippen LogP contribution in [0.3, 0.4) is 0 Å². The zero-order chi connectivity index (χ0) is 18.2. The van der Waals surface area contributed by atoms with Crippen LogP contribution in [0.1, 0.15) is 16.7 Å². The summed E-state index contributed by atoms with van der Waals surface area (Å²) in [4.78, 5) is 12.3. The van der Waals surface area contributed by atoms with Crippen molar-refractivity contribution in [2.24, 2.45) is 0 Å². The third-order valence-electron chi connectivity index (χ3n) is 3.90. The van der Waals surface area contributed by atoms with Crippen LogP contribution in [0.4, 0.5) is 5.69 Å². The van der Waals surface area contributed by atoms with Gasteiger partial charge in [0.1, 0.15) is 17.4 Å². The molecular weight excluding hydrogens is 312 g/mol. The van der Waals surface area contributed by atoms with Gasteiger partial charge >= 0.3 is 0 Å². The minimum absolute atomic E-state index is 0.0343. The molecule has 0 radical (unpaired) electrons. The van der Waals surface area contributed by atoms with Crippen LogP contribution in [0.5, 0.6) is 5.75 Å². The molecule has 2 rings (SSSR count). The lowest BCUT2D eigenvalue weighted by atomic mass is 10.1. The van der Waals surface area contributed by atoms with Gasteiger partial charge in [-0.1, -0.05) is 42.5 Å². The van der Waals surface area contributed by atoms with E-state index in [9.17, 15) is 10.1 Å². The number of nitrogens with zero attached hydrogens (tertiary/aromatic N) is 1. The number of nitriles is 1. The van der Waals surface area contributed by atoms with Crippen molar-refractivity contribution in [3.8, 4) is 11.8 Å². The van der Waals surface area contributed by atoms with Crippen LogP contribution in [0.2, 0.25) is 0 Å². The Labute approximate surface area is 148 Å². The van der Waals surface area contributed by atoms with Crippen molar-refractivity contribution in [3.05, 3.63) is 76.9 Å². The minimum atomic E-state index is -0.430. The first-order valence-corrected chi connectivity index (χ1v) is 7.86. The fourth-order valence-electron chi connectivity index (χ4n) is 2.29. The van der Waals surface area contributed by atoms with Crippen LogP contribution in [0.25, 0.3) is 6.08 Å². The molecule has 0 heterocycles. The average Bonchev–Trinajstić information content (AvgIpc) is 2.62. The third-order valence-corrected chi connectivity index (χ3v) is 3.90. The molecule has 0 aromatic heterocycles. The monoisotopic (exact) mass is 332 g/mol. The maximum atomic E-state index is 12.3. The Bertz CT molecular complexity index is 874. The Kier molecular flexibility index (Phi) is 6.14. The van der Waals surface area contributed by atoms with E-state index in [1.807, 2.05) is 62.4 Å². The average molecular weight is 332 g/mol. The van der Waals surface area contributed by atoms with Gasteiger partial charge in [0.05, 0.1) is 7.11 Å². The molecule has 0 saturated carbocycles. The van der Waals surface area contributed by atoms with E-state index in [1.165, 1.54) is 6.08 Å². The SMILES string of the molecule is COc1ccccc1/C=C/C=C(\C#N)C(=O)Nc1cccc(C)c1C. The molecule has 0 atom stereocenters. The van der Waals surface area contributed by atoms with Crippen LogP contribution in [-0.4, -0.2) is 13.0 Å². The fraction of sp³-hybridized carbons (Fsp3) is 0.143. The first kappa shape index (κ1) is 18.0. The summed E-state index contributed by atoms with van der Waals surface area (Å²) in [5.41, 5.74) is 3.68. The van der Waals surface area contributed by atoms with Crippen molar-refractivity contribution in [3.63, 3.8) is 0 Å². The number of nitrogens with one attached hydrogen (secondary N) is 1. The maximum Gasteiger partial charge on any atom is 0.266 e. The molecule has 25 heavy (non-hydrogen) atoms. The van der Waals surface area contributed by atoms with E-state index in [-0.39, 0.29) is 5.57 Å². The van der Waals surface area contributed by atoms with E-state index in [4.69, 9.17) is 4.74 Å². The summed E-state index contributed by atoms with van der Waals surface area (Å²) < 4.78 is 5.26. The number of amides is 1. The molecule has 0 saturated heterocycles. The summed E-state index contributed by atoms with van der Waals surface area (Å²) in [6, 6.07) is 15.1. The number of benzene rings is 2. The van der Waals surface area contributed by atoms with Crippen molar-refractivity contribution in [1.29, 1.82) is 5.26 Å². The van der Waals surface area contributed by atoms with E-state index < -0.39 is 5.91 Å². The molecule has 1 amide bonds. The van der Waals surface area contributed by atoms with Crippen molar-refractivity contribution in [2.75, 3.05) is 12.4 Å². The molecule has 0 aliphatic heterocycles. The molecule has 0 bridgehead atoms. The first-order chi connectivity index (χ1) is 12.1. The van der Waals surface area contributed by atoms with Crippen LogP contribution < -0.4 is 10.1 Å². The molecule has 0 unspecified atom stereocenters. The second-order valence-corrected chi connectivity index (χ2v) is 5.49. The molecular formula is C21H20N2O2. The summed E-state index contributed by atoms with van der Waals surface area (Å²) in [5.74, 6) is 0.298. The number of methoxy groups -OCH3 is 1. The van der Waals surface area contributed by atoms with Gasteiger partial charge in [-0.3, -0.25) is 4.79 Å². The molecule has 2 aromatic rings. The smallest absolute Gasteiger partial charge is 0.266 e. The molecule has 0 aliphatic carbocycles. The van der Waals surface area contributed by atoms with E-state index in [2.05, 4.69) is 5.32 Å². The largest absolute Gasteiger partial charge is 0.496 e. The van der Waals surface area contributed by atoms with Crippen molar-refractivity contribution >= 4 is 17.7 Å². The predicted molar refractivity (Wildman–Crippen MR) is 100 cm³/mol. The van der Waals surface area contributed by atoms with Gasteiger partial charge in [0.15, 0.2) is 0 Å². The number of allylic oxidation sites excluding steroid dienone is 2. The van der Waals surface area contributed by atoms with Gasteiger partial charge in [0.25, 0.3) is 5.91 Å². The van der Waals surface area contributed by atoms with Crippen molar-refractivity contribution in [1.82, 2.24) is 0 Å². The standard InChI is InChI=1S/C21H20N2O2/c1-15-8-6-12-19(16(15)2)23-21(24)18(14-22)11-7-10-17-9-4-5-13-20(17)25-3/h4-13H,1-3H3,(H,23,24)/b10-7+,18-11+. The van der Waals surface area contributed by atoms with E-state index in [1.54, 1.807) is 19.3 Å². The normalized spacial score (nSPS) is 11.2. The Morgan fingerprint density at radius 3 is 2.64 bits per heavy atom. The Hall–Kier alpha value is -3.32. The summed E-state index contributed by atoms with van der Waals surface area (Å²) in [6.07, 6.45) is 4.95. The zero-order valence-corrected chi connectivity index (χ0v) is 14.5. The van der Waals surface area contributed by atoms with Crippen LogP contribution in [0.15, 0.2) is 60.2 Å². The molecule has 0 spiro atoms. The molecule has 4 nitrogen and oxygen atoms in total. The van der Waals surface area contributed by atoms with Gasteiger partial charge in [-0.2, -0.15) is 5.26 Å². The number of aryl methyl sites for hydroxylation is 1. The van der Waals surface area contributed by atoms with Crippen molar-refractivity contribution in [2.45, 2.75) is 13.8 Å². The second kappa shape index (κ2) is 8.51. The number of carbonyl (C=O) groups is 1. The highest BCUT2D eigenvalue weighted by Crippen LogP contribution is 2.20. The van der Waals surface area contributed by atoms with Crippen LogP contribution in [0, 0.1) is 25.2 Å². The summed E-state index contributed by atoms with van der Waals surface area (Å²) >= 11 is 0. The topological polar surface area (TPSA) is 62.1 Å². The summed E-state index contributed by atoms with van der Waals surface area (Å²) in [6.45, 7) is 3.91. The molecule has 0 aliphatic rings. The Morgan fingerprint density at radius 2 is 1.92 bits per heavy atom. The number of carbonyl (C=O) groups excluding carboxylic acids is 1. The van der Waals surface area contributed by atoms with Gasteiger partial charge in [0.2, 0.25) is 0 Å². The first-order valence-electron chi connectivity index (χ1n) is 7.86. The van der Waals surface area contributed by atoms with E-state index >= 15 is 0 Å². The van der Waals surface area contributed by atoms with Gasteiger partial charge in [-0.15, -0.1) is 0 Å². The molecule has 1 N–H and O–H groups in total. The van der Waals surface area contributed by atoms with Crippen LogP contribution >= 0.6 is 0 Å². The maximum absolute atomic E-state index is 12.3. The van der Waals surface area contributed by atoms with E-state index in [0.717, 1.165) is 22.4 Å². The second-order valence-electron chi connectivity index (χ2n) is 5.49. The molecule has 0 fully saturated rings. The van der Waals surface area contributed by atoms with Gasteiger partial charge < -0.3 is 10.1 Å². The number of rotatable bonds is 5. The number of para-hydroxylation sites is 1. The van der Waals surface area contributed by atoms with Gasteiger partial charge in [-0.05, 0) is 43.2 Å². The minimum Gasteiger partial charge on any atom is -0.496 e. The highest BCUT2D eigenvalue weighted by atomic mass is 16.5. The molecule has 2 aromatic carbocycles. The highest BCUT2D eigenvalue weighted by Gasteiger charge is 2.10. The zero-order valence-electron chi connectivity index (χ0n) is 14.5. The number of ether oxygens (including phenoxy) is 1. The van der Waals surface area contributed by atoms with Gasteiger partial charge in [-0.25, -0.2) is 0 Å². The summed E-state index contributed by atoms with van der Waals surface area (Å²) in [7, 11) is 1.60. The molecule has 4 heteroatoms. The fourth-order valence-corrected chi connectivity index (χ4v) is 2.29. The third kappa shape index (κ3) is 4.58. The number of hydrogen-bond acceptors (Lipinski definition) is 3. The quantitative estimate of drug-likeness (QED) is 0.501. The lowest BCUT2D eigenvalue weighted by Crippen LogP contribution is -2.14. The van der Waals surface area contributed by atoms with Gasteiger partial charge in [0, 0.05) is 11.3 Å². The lowest BCUT2D eigenvalue weighted by molar-refractivity contribution is -0.112. The van der Waals surface area contributed by atoms with Crippen LogP contribution in [-0.2, 0) is 4.79 Å². The number of hydrogen-bond donors (Lipinski definition) is 1. The lowest BCUT2D eigenvalue weighted by Gasteiger charge is -2.09. The summed E-state index contributed by atoms with van der Waals surface area (Å²) in [5, 5.41) is 12.0. The predicted octanol–water partition coefficient (Wildman–Crippen LogP) is 4.41. The Morgan fingerprint density at radius 1 is 1.16 bits per heavy atom. The van der Waals surface area contributed by atoms with Crippen molar-refractivity contribution < 1.29 is 9.53 Å². The van der Waals surface area contributed by atoms with E-state index in [0.29, 0.717) is 5.69 Å². The number of anilines is 1.